The predicted molar refractivity (Wildman–Crippen MR) is 82.2 cm³/mol. The van der Waals surface area contributed by atoms with E-state index >= 15 is 0 Å². The Balaban J connectivity index is 2.22. The minimum absolute atomic E-state index is 0.0662. The summed E-state index contributed by atoms with van der Waals surface area (Å²) in [6, 6.07) is 6.59. The first-order chi connectivity index (χ1) is 9.40. The molecule has 1 aromatic rings. The Hall–Kier alpha value is -1.35. The van der Waals surface area contributed by atoms with Gasteiger partial charge in [0.25, 0.3) is 0 Å². The molecular weight excluding hydrogens is 248 g/mol. The summed E-state index contributed by atoms with van der Waals surface area (Å²) in [5, 5.41) is 0. The Labute approximate surface area is 122 Å². The third-order valence-corrected chi connectivity index (χ3v) is 4.15. The lowest BCUT2D eigenvalue weighted by molar-refractivity contribution is -0.135. The van der Waals surface area contributed by atoms with Crippen molar-refractivity contribution in [1.82, 2.24) is 4.90 Å². The van der Waals surface area contributed by atoms with Crippen molar-refractivity contribution in [1.29, 1.82) is 0 Å². The molecule has 0 aromatic heterocycles. The summed E-state index contributed by atoms with van der Waals surface area (Å²) in [7, 11) is 0. The lowest BCUT2D eigenvalue weighted by Crippen LogP contribution is -2.38. The Kier molecular flexibility index (Phi) is 4.48. The zero-order valence-electron chi connectivity index (χ0n) is 13.0. The number of nitrogens with zero attached hydrogens (tertiary/aromatic N) is 1. The second kappa shape index (κ2) is 5.96. The Morgan fingerprint density at radius 2 is 1.90 bits per heavy atom. The van der Waals surface area contributed by atoms with Gasteiger partial charge in [-0.2, -0.15) is 0 Å². The molecule has 1 aromatic carbocycles. The third kappa shape index (κ3) is 3.04. The molecule has 0 bridgehead atoms. The van der Waals surface area contributed by atoms with Gasteiger partial charge >= 0.3 is 0 Å². The van der Waals surface area contributed by atoms with Crippen LogP contribution in [-0.2, 0) is 17.8 Å². The van der Waals surface area contributed by atoms with Gasteiger partial charge in [0.05, 0.1) is 0 Å². The summed E-state index contributed by atoms with van der Waals surface area (Å²) in [5.74, 6) is 0.733. The van der Waals surface area contributed by atoms with Crippen molar-refractivity contribution in [2.75, 3.05) is 6.54 Å². The van der Waals surface area contributed by atoms with Gasteiger partial charge in [-0.1, -0.05) is 45.9 Å². The van der Waals surface area contributed by atoms with Gasteiger partial charge in [0.15, 0.2) is 0 Å². The van der Waals surface area contributed by atoms with Crippen molar-refractivity contribution in [2.45, 2.75) is 46.7 Å². The average molecular weight is 274 g/mol. The summed E-state index contributed by atoms with van der Waals surface area (Å²) in [6.07, 6.45) is 0.949. The average Bonchev–Trinajstić information content (AvgIpc) is 2.44. The molecule has 2 N–H and O–H groups in total. The number of carbonyl (C=O) groups is 1. The normalized spacial score (nSPS) is 16.4. The van der Waals surface area contributed by atoms with Crippen LogP contribution in [0.4, 0.5) is 0 Å². The molecule has 0 saturated carbocycles. The van der Waals surface area contributed by atoms with E-state index < -0.39 is 0 Å². The van der Waals surface area contributed by atoms with Crippen molar-refractivity contribution in [3.05, 3.63) is 34.9 Å². The van der Waals surface area contributed by atoms with E-state index in [2.05, 4.69) is 32.0 Å². The molecule has 20 heavy (non-hydrogen) atoms. The van der Waals surface area contributed by atoms with Crippen LogP contribution < -0.4 is 5.73 Å². The van der Waals surface area contributed by atoms with Crippen LogP contribution in [0.2, 0.25) is 0 Å². The first-order valence-electron chi connectivity index (χ1n) is 7.56. The SMILES string of the molecule is CC(C)C(=O)N1CCc2ccc(C(N)C(C)C)cc2C1. The smallest absolute Gasteiger partial charge is 0.225 e. The van der Waals surface area contributed by atoms with E-state index in [1.807, 2.05) is 18.7 Å². The van der Waals surface area contributed by atoms with Gasteiger partial charge in [-0.05, 0) is 29.0 Å². The van der Waals surface area contributed by atoms with E-state index in [0.29, 0.717) is 5.92 Å². The van der Waals surface area contributed by atoms with Gasteiger partial charge in [-0.15, -0.1) is 0 Å². The summed E-state index contributed by atoms with van der Waals surface area (Å²) >= 11 is 0. The number of nitrogens with two attached hydrogens (primary N) is 1. The number of hydrogen-bond donors (Lipinski definition) is 1. The minimum Gasteiger partial charge on any atom is -0.338 e. The molecule has 1 amide bonds. The zero-order valence-corrected chi connectivity index (χ0v) is 13.0. The molecule has 1 unspecified atom stereocenters. The van der Waals surface area contributed by atoms with Gasteiger partial charge in [0, 0.05) is 25.0 Å². The molecule has 1 aliphatic heterocycles. The van der Waals surface area contributed by atoms with Crippen LogP contribution in [-0.4, -0.2) is 17.4 Å². The largest absolute Gasteiger partial charge is 0.338 e. The summed E-state index contributed by atoms with van der Waals surface area (Å²) in [5.41, 5.74) is 10.0. The second-order valence-electron chi connectivity index (χ2n) is 6.46. The predicted octanol–water partition coefficient (Wildman–Crippen LogP) is 2.88. The van der Waals surface area contributed by atoms with Crippen LogP contribution in [0, 0.1) is 11.8 Å². The number of benzene rings is 1. The molecule has 1 aliphatic rings. The molecule has 1 heterocycles. The van der Waals surface area contributed by atoms with Crippen LogP contribution in [0.3, 0.4) is 0 Å². The highest BCUT2D eigenvalue weighted by molar-refractivity contribution is 5.78. The van der Waals surface area contributed by atoms with E-state index in [9.17, 15) is 4.79 Å². The Morgan fingerprint density at radius 3 is 2.50 bits per heavy atom. The van der Waals surface area contributed by atoms with Crippen LogP contribution in [0.1, 0.15) is 50.4 Å². The molecule has 110 valence electrons. The van der Waals surface area contributed by atoms with Crippen LogP contribution in [0.25, 0.3) is 0 Å². The lowest BCUT2D eigenvalue weighted by Gasteiger charge is -2.31. The Bertz CT molecular complexity index is 494. The zero-order chi connectivity index (χ0) is 14.9. The molecule has 0 aliphatic carbocycles. The first-order valence-corrected chi connectivity index (χ1v) is 7.56. The molecule has 3 heteroatoms. The molecule has 1 atom stereocenters. The highest BCUT2D eigenvalue weighted by atomic mass is 16.2. The third-order valence-electron chi connectivity index (χ3n) is 4.15. The summed E-state index contributed by atoms with van der Waals surface area (Å²) in [4.78, 5) is 14.1. The fraction of sp³-hybridized carbons (Fsp3) is 0.588. The number of carbonyl (C=O) groups excluding carboxylic acids is 1. The summed E-state index contributed by atoms with van der Waals surface area (Å²) in [6.45, 7) is 9.76. The fourth-order valence-electron chi connectivity index (χ4n) is 2.72. The summed E-state index contributed by atoms with van der Waals surface area (Å²) < 4.78 is 0. The van der Waals surface area contributed by atoms with E-state index in [1.54, 1.807) is 0 Å². The van der Waals surface area contributed by atoms with Crippen molar-refractivity contribution in [2.24, 2.45) is 17.6 Å². The molecule has 0 fully saturated rings. The van der Waals surface area contributed by atoms with Gasteiger partial charge in [0.1, 0.15) is 0 Å². The number of fused-ring (bicyclic) bond motifs is 1. The van der Waals surface area contributed by atoms with Gasteiger partial charge in [0.2, 0.25) is 5.91 Å². The molecule has 2 rings (SSSR count). The van der Waals surface area contributed by atoms with Crippen molar-refractivity contribution in [3.8, 4) is 0 Å². The van der Waals surface area contributed by atoms with E-state index in [4.69, 9.17) is 5.73 Å². The van der Waals surface area contributed by atoms with Crippen molar-refractivity contribution < 1.29 is 4.79 Å². The maximum absolute atomic E-state index is 12.1. The van der Waals surface area contributed by atoms with Crippen molar-refractivity contribution >= 4 is 5.91 Å². The van der Waals surface area contributed by atoms with E-state index in [-0.39, 0.29) is 17.9 Å². The van der Waals surface area contributed by atoms with Gasteiger partial charge in [-0.25, -0.2) is 0 Å². The van der Waals surface area contributed by atoms with E-state index in [1.165, 1.54) is 16.7 Å². The number of amides is 1. The second-order valence-corrected chi connectivity index (χ2v) is 6.46. The molecular formula is C17H26N2O. The van der Waals surface area contributed by atoms with Gasteiger partial charge in [-0.3, -0.25) is 4.79 Å². The maximum Gasteiger partial charge on any atom is 0.225 e. The monoisotopic (exact) mass is 274 g/mol. The highest BCUT2D eigenvalue weighted by Gasteiger charge is 2.23. The molecule has 0 spiro atoms. The molecule has 0 radical (unpaired) electrons. The standard InChI is InChI=1S/C17H26N2O/c1-11(2)16(18)14-6-5-13-7-8-19(10-15(13)9-14)17(20)12(3)4/h5-6,9,11-12,16H,7-8,10,18H2,1-4H3. The van der Waals surface area contributed by atoms with Crippen LogP contribution in [0.5, 0.6) is 0 Å². The first kappa shape index (κ1) is 15.0. The van der Waals surface area contributed by atoms with Crippen LogP contribution >= 0.6 is 0 Å². The van der Waals surface area contributed by atoms with Crippen LogP contribution in [0.15, 0.2) is 18.2 Å². The van der Waals surface area contributed by atoms with Crippen molar-refractivity contribution in [3.63, 3.8) is 0 Å². The molecule has 3 nitrogen and oxygen atoms in total. The quantitative estimate of drug-likeness (QED) is 0.921. The topological polar surface area (TPSA) is 46.3 Å². The number of rotatable bonds is 3. The molecule has 0 saturated heterocycles. The maximum atomic E-state index is 12.1. The minimum atomic E-state index is 0.0662. The van der Waals surface area contributed by atoms with E-state index in [0.717, 1.165) is 19.5 Å². The van der Waals surface area contributed by atoms with Gasteiger partial charge < -0.3 is 10.6 Å². The lowest BCUT2D eigenvalue weighted by atomic mass is 9.91. The Morgan fingerprint density at radius 1 is 1.20 bits per heavy atom. The highest BCUT2D eigenvalue weighted by Crippen LogP contribution is 2.26. The fourth-order valence-corrected chi connectivity index (χ4v) is 2.72. The number of hydrogen-bond acceptors (Lipinski definition) is 2.